The van der Waals surface area contributed by atoms with Gasteiger partial charge in [-0.25, -0.2) is 0 Å². The zero-order valence-electron chi connectivity index (χ0n) is 14.7. The summed E-state index contributed by atoms with van der Waals surface area (Å²) in [6.07, 6.45) is 2.27. The van der Waals surface area contributed by atoms with Crippen molar-refractivity contribution in [3.63, 3.8) is 0 Å². The highest BCUT2D eigenvalue weighted by Gasteiger charge is 2.71. The smallest absolute Gasteiger partial charge is 0.231 e. The number of nitrogens with zero attached hydrogens (tertiary/aromatic N) is 1. The Hall–Kier alpha value is -1.84. The van der Waals surface area contributed by atoms with Gasteiger partial charge < -0.3 is 10.5 Å². The summed E-state index contributed by atoms with van der Waals surface area (Å²) >= 11 is 0. The summed E-state index contributed by atoms with van der Waals surface area (Å²) in [6.45, 7) is 10.5. The Morgan fingerprint density at radius 2 is 1.87 bits per heavy atom. The molecule has 1 aromatic carbocycles. The predicted octanol–water partition coefficient (Wildman–Crippen LogP) is 4.29. The first-order valence-electron chi connectivity index (χ1n) is 8.28. The fourth-order valence-corrected chi connectivity index (χ4v) is 4.61. The van der Waals surface area contributed by atoms with Crippen molar-refractivity contribution in [2.24, 2.45) is 21.4 Å². The first kappa shape index (κ1) is 16.0. The van der Waals surface area contributed by atoms with Crippen LogP contribution in [0.2, 0.25) is 0 Å². The minimum atomic E-state index is -0.498. The number of nitrogens with one attached hydrogen (secondary N) is 1. The van der Waals surface area contributed by atoms with Crippen molar-refractivity contribution in [1.29, 1.82) is 0 Å². The fourth-order valence-electron chi connectivity index (χ4n) is 4.61. The van der Waals surface area contributed by atoms with Crippen LogP contribution in [0.4, 0.5) is 5.69 Å². The predicted molar refractivity (Wildman–Crippen MR) is 91.9 cm³/mol. The summed E-state index contributed by atoms with van der Waals surface area (Å²) in [7, 11) is 0. The van der Waals surface area contributed by atoms with Crippen LogP contribution in [0.5, 0.6) is 0 Å². The highest BCUT2D eigenvalue weighted by molar-refractivity contribution is 6.06. The Morgan fingerprint density at radius 1 is 1.17 bits per heavy atom. The first-order valence-corrected chi connectivity index (χ1v) is 8.28. The summed E-state index contributed by atoms with van der Waals surface area (Å²) in [5, 5.41) is 16.0. The molecule has 124 valence electrons. The molecule has 2 saturated carbocycles. The van der Waals surface area contributed by atoms with Crippen molar-refractivity contribution in [1.82, 2.24) is 0 Å². The number of benzene rings is 1. The Balaban J connectivity index is 1.94. The van der Waals surface area contributed by atoms with Gasteiger partial charge in [0.05, 0.1) is 11.1 Å². The Kier molecular flexibility index (Phi) is 3.36. The first-order chi connectivity index (χ1) is 10.7. The van der Waals surface area contributed by atoms with Crippen LogP contribution in [0.15, 0.2) is 23.4 Å². The minimum absolute atomic E-state index is 0.0492. The molecular formula is C19H26N2O2. The topological polar surface area (TPSA) is 61.7 Å². The van der Waals surface area contributed by atoms with E-state index in [1.165, 1.54) is 11.1 Å². The second kappa shape index (κ2) is 4.83. The molecule has 3 rings (SSSR count). The summed E-state index contributed by atoms with van der Waals surface area (Å²) in [6, 6.07) is 6.00. The van der Waals surface area contributed by atoms with E-state index in [1.54, 1.807) is 0 Å². The molecule has 4 heteroatoms. The maximum Gasteiger partial charge on any atom is 0.231 e. The van der Waals surface area contributed by atoms with Crippen molar-refractivity contribution < 1.29 is 10.0 Å². The highest BCUT2D eigenvalue weighted by Crippen LogP contribution is 2.71. The largest absolute Gasteiger partial charge is 0.411 e. The van der Waals surface area contributed by atoms with Gasteiger partial charge in [-0.05, 0) is 55.4 Å². The second-order valence-electron chi connectivity index (χ2n) is 8.02. The summed E-state index contributed by atoms with van der Waals surface area (Å²) in [5.74, 6) is 0.0492. The minimum Gasteiger partial charge on any atom is -0.411 e. The molecule has 2 unspecified atom stereocenters. The van der Waals surface area contributed by atoms with Gasteiger partial charge in [-0.2, -0.15) is 0 Å². The lowest BCUT2D eigenvalue weighted by Crippen LogP contribution is -2.43. The molecule has 0 aromatic heterocycles. The third kappa shape index (κ3) is 1.90. The summed E-state index contributed by atoms with van der Waals surface area (Å²) < 4.78 is 0. The van der Waals surface area contributed by atoms with Crippen molar-refractivity contribution in [2.45, 2.75) is 53.9 Å². The van der Waals surface area contributed by atoms with E-state index in [0.717, 1.165) is 24.2 Å². The van der Waals surface area contributed by atoms with Gasteiger partial charge in [0, 0.05) is 17.5 Å². The molecular weight excluding hydrogens is 288 g/mol. The SMILES string of the molecule is Cc1ccc(NC(=O)C23CCC(C)(C(=NO)C2)C3(C)C)cc1C. The number of hydrogen-bond acceptors (Lipinski definition) is 3. The lowest BCUT2D eigenvalue weighted by molar-refractivity contribution is -0.130. The van der Waals surface area contributed by atoms with Gasteiger partial charge in [-0.1, -0.05) is 32.0 Å². The number of fused-ring (bicyclic) bond motifs is 2. The van der Waals surface area contributed by atoms with E-state index < -0.39 is 5.41 Å². The molecule has 1 amide bonds. The number of amides is 1. The van der Waals surface area contributed by atoms with Gasteiger partial charge in [0.15, 0.2) is 0 Å². The van der Waals surface area contributed by atoms with E-state index in [9.17, 15) is 10.0 Å². The van der Waals surface area contributed by atoms with Crippen molar-refractivity contribution in [2.75, 3.05) is 5.32 Å². The molecule has 23 heavy (non-hydrogen) atoms. The molecule has 2 N–H and O–H groups in total. The van der Waals surface area contributed by atoms with Crippen LogP contribution >= 0.6 is 0 Å². The molecule has 2 bridgehead atoms. The van der Waals surface area contributed by atoms with E-state index in [-0.39, 0.29) is 16.7 Å². The lowest BCUT2D eigenvalue weighted by Gasteiger charge is -2.39. The Morgan fingerprint density at radius 3 is 2.43 bits per heavy atom. The number of oxime groups is 1. The van der Waals surface area contributed by atoms with Gasteiger partial charge in [0.1, 0.15) is 0 Å². The van der Waals surface area contributed by atoms with Gasteiger partial charge in [-0.3, -0.25) is 4.79 Å². The van der Waals surface area contributed by atoms with Crippen molar-refractivity contribution in [3.05, 3.63) is 29.3 Å². The molecule has 0 heterocycles. The molecule has 0 spiro atoms. The zero-order chi connectivity index (χ0) is 17.0. The third-order valence-corrected chi connectivity index (χ3v) is 7.05. The molecule has 4 nitrogen and oxygen atoms in total. The highest BCUT2D eigenvalue weighted by atomic mass is 16.4. The zero-order valence-corrected chi connectivity index (χ0v) is 14.7. The molecule has 0 aliphatic heterocycles. The molecule has 0 radical (unpaired) electrons. The standard InChI is InChI=1S/C19H26N2O2/c1-12-6-7-14(10-13(12)2)20-16(22)19-9-8-18(5,17(19,3)4)15(11-19)21-23/h6-7,10,23H,8-9,11H2,1-5H3,(H,20,22). The maximum atomic E-state index is 13.2. The number of anilines is 1. The normalized spacial score (nSPS) is 33.2. The summed E-state index contributed by atoms with van der Waals surface area (Å²) in [5.41, 5.74) is 3.05. The van der Waals surface area contributed by atoms with E-state index in [4.69, 9.17) is 0 Å². The van der Waals surface area contributed by atoms with E-state index in [1.807, 2.05) is 25.1 Å². The van der Waals surface area contributed by atoms with Crippen LogP contribution < -0.4 is 5.32 Å². The number of carbonyl (C=O) groups is 1. The molecule has 0 saturated heterocycles. The summed E-state index contributed by atoms with van der Waals surface area (Å²) in [4.78, 5) is 13.2. The van der Waals surface area contributed by atoms with Crippen LogP contribution in [0.3, 0.4) is 0 Å². The van der Waals surface area contributed by atoms with Crippen molar-refractivity contribution >= 4 is 17.3 Å². The van der Waals surface area contributed by atoms with Gasteiger partial charge in [0.2, 0.25) is 5.91 Å². The van der Waals surface area contributed by atoms with Crippen molar-refractivity contribution in [3.8, 4) is 0 Å². The van der Waals surface area contributed by atoms with E-state index >= 15 is 0 Å². The van der Waals surface area contributed by atoms with Crippen LogP contribution in [-0.4, -0.2) is 16.8 Å². The average molecular weight is 314 g/mol. The van der Waals surface area contributed by atoms with Crippen LogP contribution in [-0.2, 0) is 4.79 Å². The van der Waals surface area contributed by atoms with Gasteiger partial charge in [0.25, 0.3) is 0 Å². The molecule has 2 aliphatic rings. The number of rotatable bonds is 2. The number of hydrogen-bond donors (Lipinski definition) is 2. The van der Waals surface area contributed by atoms with Crippen LogP contribution in [0, 0.1) is 30.1 Å². The van der Waals surface area contributed by atoms with E-state index in [0.29, 0.717) is 6.42 Å². The van der Waals surface area contributed by atoms with Crippen LogP contribution in [0.1, 0.15) is 51.2 Å². The molecule has 2 atom stereocenters. The van der Waals surface area contributed by atoms with Crippen LogP contribution in [0.25, 0.3) is 0 Å². The number of aryl methyl sites for hydroxylation is 2. The average Bonchev–Trinajstić information content (AvgIpc) is 2.80. The second-order valence-corrected chi connectivity index (χ2v) is 8.02. The Labute approximate surface area is 138 Å². The lowest BCUT2D eigenvalue weighted by atomic mass is 9.64. The fraction of sp³-hybridized carbons (Fsp3) is 0.579. The number of carbonyl (C=O) groups excluding carboxylic acids is 1. The maximum absolute atomic E-state index is 13.2. The quantitative estimate of drug-likeness (QED) is 0.632. The van der Waals surface area contributed by atoms with Gasteiger partial charge >= 0.3 is 0 Å². The molecule has 2 fully saturated rings. The Bertz CT molecular complexity index is 707. The molecule has 1 aromatic rings. The third-order valence-electron chi connectivity index (χ3n) is 7.05. The molecule has 2 aliphatic carbocycles. The van der Waals surface area contributed by atoms with E-state index in [2.05, 4.69) is 38.2 Å². The van der Waals surface area contributed by atoms with Gasteiger partial charge in [-0.15, -0.1) is 0 Å². The monoisotopic (exact) mass is 314 g/mol.